The van der Waals surface area contributed by atoms with Crippen LogP contribution in [-0.4, -0.2) is 74.4 Å². The number of rotatable bonds is 9. The standard InChI is InChI=1S/C27H41N7O2/c1-7-8-24(25-29-30-31-34(25)27(4,5)6)33(10-9-32-11-13-36-14-12-32)18-22-17-21-15-19(2)20(3)16-23(21)28-26(22)35/h15-17,24H,7-14,18H2,1-6H3,(H,28,35). The third-order valence-corrected chi connectivity index (χ3v) is 7.15. The molecule has 0 bridgehead atoms. The van der Waals surface area contributed by atoms with E-state index < -0.39 is 0 Å². The first-order valence-electron chi connectivity index (χ1n) is 13.1. The van der Waals surface area contributed by atoms with Gasteiger partial charge >= 0.3 is 0 Å². The van der Waals surface area contributed by atoms with Crippen molar-refractivity contribution in [1.29, 1.82) is 0 Å². The van der Waals surface area contributed by atoms with Crippen LogP contribution in [-0.2, 0) is 16.8 Å². The van der Waals surface area contributed by atoms with Crippen molar-refractivity contribution >= 4 is 10.9 Å². The lowest BCUT2D eigenvalue weighted by atomic mass is 10.0. The fourth-order valence-corrected chi connectivity index (χ4v) is 4.93. The lowest BCUT2D eigenvalue weighted by Gasteiger charge is -2.35. The van der Waals surface area contributed by atoms with Crippen molar-refractivity contribution in [2.24, 2.45) is 0 Å². The molecule has 0 spiro atoms. The molecule has 9 heteroatoms. The van der Waals surface area contributed by atoms with E-state index in [1.807, 2.05) is 4.68 Å². The number of pyridine rings is 1. The Bertz CT molecular complexity index is 1220. The Labute approximate surface area is 213 Å². The van der Waals surface area contributed by atoms with Crippen LogP contribution in [0, 0.1) is 13.8 Å². The van der Waals surface area contributed by atoms with Gasteiger partial charge in [0, 0.05) is 43.8 Å². The number of nitrogens with one attached hydrogen (secondary N) is 1. The van der Waals surface area contributed by atoms with Crippen LogP contribution >= 0.6 is 0 Å². The number of morpholine rings is 1. The maximum atomic E-state index is 13.2. The zero-order valence-corrected chi connectivity index (χ0v) is 22.7. The second-order valence-electron chi connectivity index (χ2n) is 11.0. The first kappa shape index (κ1) is 26.4. The van der Waals surface area contributed by atoms with E-state index in [9.17, 15) is 4.79 Å². The van der Waals surface area contributed by atoms with Crippen molar-refractivity contribution in [2.75, 3.05) is 39.4 Å². The largest absolute Gasteiger partial charge is 0.379 e. The summed E-state index contributed by atoms with van der Waals surface area (Å²) < 4.78 is 7.48. The Morgan fingerprint density at radius 1 is 1.14 bits per heavy atom. The molecule has 196 valence electrons. The number of aromatic amines is 1. The molecule has 1 N–H and O–H groups in total. The van der Waals surface area contributed by atoms with Crippen LogP contribution in [0.3, 0.4) is 0 Å². The highest BCUT2D eigenvalue weighted by Crippen LogP contribution is 2.29. The number of hydrogen-bond donors (Lipinski definition) is 1. The molecule has 36 heavy (non-hydrogen) atoms. The van der Waals surface area contributed by atoms with Gasteiger partial charge in [-0.1, -0.05) is 13.3 Å². The normalized spacial score (nSPS) is 16.2. The predicted octanol–water partition coefficient (Wildman–Crippen LogP) is 3.56. The molecule has 1 atom stereocenters. The average Bonchev–Trinajstić information content (AvgIpc) is 3.33. The van der Waals surface area contributed by atoms with Gasteiger partial charge in [-0.25, -0.2) is 4.68 Å². The first-order chi connectivity index (χ1) is 17.2. The highest BCUT2D eigenvalue weighted by atomic mass is 16.5. The maximum Gasteiger partial charge on any atom is 0.252 e. The zero-order chi connectivity index (χ0) is 25.9. The lowest BCUT2D eigenvalue weighted by Crippen LogP contribution is -2.43. The van der Waals surface area contributed by atoms with Crippen LogP contribution in [0.1, 0.15) is 69.1 Å². The Morgan fingerprint density at radius 3 is 2.56 bits per heavy atom. The van der Waals surface area contributed by atoms with Crippen LogP contribution in [0.25, 0.3) is 10.9 Å². The van der Waals surface area contributed by atoms with Gasteiger partial charge in [0.2, 0.25) is 0 Å². The summed E-state index contributed by atoms with van der Waals surface area (Å²) in [6, 6.07) is 6.27. The van der Waals surface area contributed by atoms with E-state index in [2.05, 4.69) is 90.1 Å². The van der Waals surface area contributed by atoms with Gasteiger partial charge in [-0.3, -0.25) is 14.6 Å². The van der Waals surface area contributed by atoms with Gasteiger partial charge in [0.1, 0.15) is 0 Å². The monoisotopic (exact) mass is 495 g/mol. The van der Waals surface area contributed by atoms with E-state index in [0.717, 1.165) is 74.5 Å². The number of fused-ring (bicyclic) bond motifs is 1. The molecule has 1 fully saturated rings. The van der Waals surface area contributed by atoms with Crippen molar-refractivity contribution < 1.29 is 4.74 Å². The molecule has 3 aromatic rings. The highest BCUT2D eigenvalue weighted by molar-refractivity contribution is 5.80. The second-order valence-corrected chi connectivity index (χ2v) is 11.0. The molecule has 2 aromatic heterocycles. The highest BCUT2D eigenvalue weighted by Gasteiger charge is 2.30. The van der Waals surface area contributed by atoms with E-state index in [1.165, 1.54) is 11.1 Å². The van der Waals surface area contributed by atoms with Crippen molar-refractivity contribution in [3.8, 4) is 0 Å². The number of H-pyrrole nitrogens is 1. The topological polar surface area (TPSA) is 92.2 Å². The summed E-state index contributed by atoms with van der Waals surface area (Å²) in [5.41, 5.74) is 3.77. The number of aromatic nitrogens is 5. The summed E-state index contributed by atoms with van der Waals surface area (Å²) in [6.07, 6.45) is 1.89. The third-order valence-electron chi connectivity index (χ3n) is 7.15. The molecule has 9 nitrogen and oxygen atoms in total. The summed E-state index contributed by atoms with van der Waals surface area (Å²) in [6.45, 7) is 18.4. The van der Waals surface area contributed by atoms with Gasteiger partial charge in [0.05, 0.1) is 24.8 Å². The Morgan fingerprint density at radius 2 is 1.86 bits per heavy atom. The molecule has 4 rings (SSSR count). The summed E-state index contributed by atoms with van der Waals surface area (Å²) in [5, 5.41) is 13.9. The molecule has 0 radical (unpaired) electrons. The number of hydrogen-bond acceptors (Lipinski definition) is 7. The Kier molecular flexibility index (Phi) is 8.22. The quantitative estimate of drug-likeness (QED) is 0.485. The summed E-state index contributed by atoms with van der Waals surface area (Å²) in [5.74, 6) is 0.856. The van der Waals surface area contributed by atoms with Gasteiger partial charge in [-0.05, 0) is 86.2 Å². The van der Waals surface area contributed by atoms with Gasteiger partial charge in [0.25, 0.3) is 5.56 Å². The van der Waals surface area contributed by atoms with Crippen LogP contribution in [0.4, 0.5) is 0 Å². The lowest BCUT2D eigenvalue weighted by molar-refractivity contribution is 0.0287. The molecule has 0 saturated carbocycles. The SMILES string of the molecule is CCCC(c1nnnn1C(C)(C)C)N(CCN1CCOCC1)Cc1cc2cc(C)c(C)cc2[nH]c1=O. The van der Waals surface area contributed by atoms with Crippen LogP contribution in [0.2, 0.25) is 0 Å². The molecule has 0 amide bonds. The molecule has 1 unspecified atom stereocenters. The van der Waals surface area contributed by atoms with E-state index in [-0.39, 0.29) is 17.1 Å². The van der Waals surface area contributed by atoms with Crippen molar-refractivity contribution in [1.82, 2.24) is 35.0 Å². The number of tetrazole rings is 1. The Balaban J connectivity index is 1.70. The molecule has 1 saturated heterocycles. The van der Waals surface area contributed by atoms with Crippen LogP contribution < -0.4 is 5.56 Å². The third kappa shape index (κ3) is 6.02. The Hall–Kier alpha value is -2.62. The minimum absolute atomic E-state index is 0.000108. The fourth-order valence-electron chi connectivity index (χ4n) is 4.93. The van der Waals surface area contributed by atoms with Crippen LogP contribution in [0.15, 0.2) is 23.0 Å². The molecule has 0 aliphatic carbocycles. The molecule has 1 aromatic carbocycles. The predicted molar refractivity (Wildman–Crippen MR) is 142 cm³/mol. The van der Waals surface area contributed by atoms with Crippen molar-refractivity contribution in [2.45, 2.75) is 72.5 Å². The molecule has 1 aliphatic rings. The van der Waals surface area contributed by atoms with Gasteiger partial charge in [-0.15, -0.1) is 5.10 Å². The van der Waals surface area contributed by atoms with E-state index in [4.69, 9.17) is 4.74 Å². The smallest absolute Gasteiger partial charge is 0.252 e. The van der Waals surface area contributed by atoms with Gasteiger partial charge in [-0.2, -0.15) is 0 Å². The molecule has 3 heterocycles. The van der Waals surface area contributed by atoms with Crippen molar-refractivity contribution in [3.63, 3.8) is 0 Å². The number of nitrogens with zero attached hydrogens (tertiary/aromatic N) is 6. The van der Waals surface area contributed by atoms with E-state index in [0.29, 0.717) is 6.54 Å². The fraction of sp³-hybridized carbons (Fsp3) is 0.630. The number of aryl methyl sites for hydroxylation is 2. The minimum Gasteiger partial charge on any atom is -0.379 e. The second kappa shape index (κ2) is 11.2. The summed E-state index contributed by atoms with van der Waals surface area (Å²) in [7, 11) is 0. The van der Waals surface area contributed by atoms with Crippen molar-refractivity contribution in [3.05, 3.63) is 51.1 Å². The summed E-state index contributed by atoms with van der Waals surface area (Å²) >= 11 is 0. The minimum atomic E-state index is -0.240. The first-order valence-corrected chi connectivity index (χ1v) is 13.1. The number of ether oxygens (including phenoxy) is 1. The van der Waals surface area contributed by atoms with E-state index >= 15 is 0 Å². The zero-order valence-electron chi connectivity index (χ0n) is 22.7. The van der Waals surface area contributed by atoms with Crippen LogP contribution in [0.5, 0.6) is 0 Å². The van der Waals surface area contributed by atoms with E-state index in [1.54, 1.807) is 0 Å². The van der Waals surface area contributed by atoms with Gasteiger partial charge < -0.3 is 9.72 Å². The molecular formula is C27H41N7O2. The average molecular weight is 496 g/mol. The number of benzene rings is 1. The summed E-state index contributed by atoms with van der Waals surface area (Å²) in [4.78, 5) is 21.2. The molecular weight excluding hydrogens is 454 g/mol. The molecule has 1 aliphatic heterocycles. The van der Waals surface area contributed by atoms with Gasteiger partial charge in [0.15, 0.2) is 5.82 Å². The maximum absolute atomic E-state index is 13.2.